The number of piperazine rings is 1. The van der Waals surface area contributed by atoms with Crippen molar-refractivity contribution >= 4 is 5.91 Å². The van der Waals surface area contributed by atoms with Gasteiger partial charge >= 0.3 is 0 Å². The molecule has 3 heterocycles. The molecule has 3 unspecified atom stereocenters. The third kappa shape index (κ3) is 3.23. The maximum absolute atomic E-state index is 12.3. The summed E-state index contributed by atoms with van der Waals surface area (Å²) in [6, 6.07) is 0.372. The summed E-state index contributed by atoms with van der Waals surface area (Å²) in [6.45, 7) is 7.58. The molecule has 0 saturated carbocycles. The fraction of sp³-hybridized carbons (Fsp3) is 0.933. The molecule has 3 atom stereocenters. The van der Waals surface area contributed by atoms with Crippen molar-refractivity contribution in [3.05, 3.63) is 0 Å². The number of carbonyl (C=O) groups is 1. The Labute approximate surface area is 126 Å². The zero-order chi connectivity index (χ0) is 14.7. The molecule has 1 amide bonds. The van der Waals surface area contributed by atoms with Gasteiger partial charge in [0.1, 0.15) is 6.04 Å². The van der Waals surface area contributed by atoms with Crippen LogP contribution in [0.2, 0.25) is 0 Å². The number of amides is 1. The predicted molar refractivity (Wildman–Crippen MR) is 79.2 cm³/mol. The molecule has 3 saturated heterocycles. The Bertz CT molecular complexity index is 371. The average molecular weight is 297 g/mol. The summed E-state index contributed by atoms with van der Waals surface area (Å²) in [5, 5.41) is 6.31. The summed E-state index contributed by atoms with van der Waals surface area (Å²) in [5.74, 6) is 0.146. The van der Waals surface area contributed by atoms with Crippen LogP contribution < -0.4 is 10.6 Å². The minimum absolute atomic E-state index is 0.0545. The van der Waals surface area contributed by atoms with E-state index in [4.69, 9.17) is 9.47 Å². The van der Waals surface area contributed by atoms with E-state index in [1.54, 1.807) is 0 Å². The van der Waals surface area contributed by atoms with Crippen LogP contribution in [0.25, 0.3) is 0 Å². The Morgan fingerprint density at radius 1 is 1.48 bits per heavy atom. The van der Waals surface area contributed by atoms with Gasteiger partial charge in [0.15, 0.2) is 0 Å². The molecule has 3 rings (SSSR count). The molecule has 3 aliphatic rings. The zero-order valence-corrected chi connectivity index (χ0v) is 12.9. The second-order valence-electron chi connectivity index (χ2n) is 6.33. The number of rotatable bonds is 3. The molecule has 2 N–H and O–H groups in total. The van der Waals surface area contributed by atoms with Gasteiger partial charge in [-0.1, -0.05) is 0 Å². The summed E-state index contributed by atoms with van der Waals surface area (Å²) in [7, 11) is 0. The molecular formula is C15H27N3O3. The number of likely N-dealkylation sites (N-methyl/N-ethyl adjacent to an activating group) is 1. The Balaban J connectivity index is 1.69. The Morgan fingerprint density at radius 2 is 2.38 bits per heavy atom. The lowest BCUT2D eigenvalue weighted by atomic mass is 9.88. The predicted octanol–water partition coefficient (Wildman–Crippen LogP) is -0.266. The fourth-order valence-corrected chi connectivity index (χ4v) is 3.84. The maximum atomic E-state index is 12.3. The first-order valence-electron chi connectivity index (χ1n) is 8.20. The number of hydrogen-bond acceptors (Lipinski definition) is 5. The van der Waals surface area contributed by atoms with E-state index in [1.807, 2.05) is 6.92 Å². The highest BCUT2D eigenvalue weighted by atomic mass is 16.6. The lowest BCUT2D eigenvalue weighted by Gasteiger charge is -2.46. The number of hydrogen-bond donors (Lipinski definition) is 2. The standard InChI is InChI=1S/C15H27N3O3/c1-2-17-14(19)13-10-16-5-6-18(13)12-3-7-21-15(9-12)4-8-20-11-15/h12-13,16H,2-11H2,1H3,(H,17,19). The molecule has 0 aromatic carbocycles. The lowest BCUT2D eigenvalue weighted by molar-refractivity contribution is -0.135. The molecule has 0 aliphatic carbocycles. The minimum atomic E-state index is -0.0976. The molecule has 0 bridgehead atoms. The van der Waals surface area contributed by atoms with E-state index in [9.17, 15) is 4.79 Å². The molecule has 0 aromatic heterocycles. The SMILES string of the molecule is CCNC(=O)C1CNCCN1C1CCOC2(CCOC2)C1. The van der Waals surface area contributed by atoms with Crippen molar-refractivity contribution in [1.29, 1.82) is 0 Å². The van der Waals surface area contributed by atoms with Gasteiger partial charge in [-0.2, -0.15) is 0 Å². The van der Waals surface area contributed by atoms with Crippen LogP contribution in [-0.4, -0.2) is 74.5 Å². The van der Waals surface area contributed by atoms with Crippen molar-refractivity contribution in [2.45, 2.75) is 43.9 Å². The Morgan fingerprint density at radius 3 is 3.14 bits per heavy atom. The van der Waals surface area contributed by atoms with Crippen molar-refractivity contribution in [2.24, 2.45) is 0 Å². The smallest absolute Gasteiger partial charge is 0.238 e. The van der Waals surface area contributed by atoms with Crippen LogP contribution in [0.5, 0.6) is 0 Å². The van der Waals surface area contributed by atoms with Crippen LogP contribution in [0.15, 0.2) is 0 Å². The number of nitrogens with zero attached hydrogens (tertiary/aromatic N) is 1. The summed E-state index contributed by atoms with van der Waals surface area (Å²) < 4.78 is 11.6. The molecule has 0 radical (unpaired) electrons. The van der Waals surface area contributed by atoms with Crippen LogP contribution in [0, 0.1) is 0 Å². The quantitative estimate of drug-likeness (QED) is 0.751. The molecule has 6 heteroatoms. The second kappa shape index (κ2) is 6.60. The number of ether oxygens (including phenoxy) is 2. The maximum Gasteiger partial charge on any atom is 0.238 e. The van der Waals surface area contributed by atoms with Crippen molar-refractivity contribution in [2.75, 3.05) is 46.0 Å². The fourth-order valence-electron chi connectivity index (χ4n) is 3.84. The monoisotopic (exact) mass is 297 g/mol. The first kappa shape index (κ1) is 15.2. The van der Waals surface area contributed by atoms with E-state index in [0.717, 1.165) is 52.1 Å². The molecule has 3 fully saturated rings. The van der Waals surface area contributed by atoms with Gasteiger partial charge in [-0.3, -0.25) is 9.69 Å². The molecule has 6 nitrogen and oxygen atoms in total. The van der Waals surface area contributed by atoms with Gasteiger partial charge in [0, 0.05) is 51.9 Å². The van der Waals surface area contributed by atoms with Gasteiger partial charge < -0.3 is 20.1 Å². The highest BCUT2D eigenvalue weighted by Gasteiger charge is 2.44. The van der Waals surface area contributed by atoms with E-state index in [1.165, 1.54) is 0 Å². The van der Waals surface area contributed by atoms with Gasteiger partial charge in [-0.05, 0) is 19.8 Å². The van der Waals surface area contributed by atoms with Gasteiger partial charge in [0.2, 0.25) is 5.91 Å². The highest BCUT2D eigenvalue weighted by Crippen LogP contribution is 2.35. The minimum Gasteiger partial charge on any atom is -0.378 e. The van der Waals surface area contributed by atoms with E-state index >= 15 is 0 Å². The topological polar surface area (TPSA) is 62.8 Å². The van der Waals surface area contributed by atoms with E-state index < -0.39 is 0 Å². The summed E-state index contributed by atoms with van der Waals surface area (Å²) in [5.41, 5.74) is -0.0976. The molecule has 21 heavy (non-hydrogen) atoms. The highest BCUT2D eigenvalue weighted by molar-refractivity contribution is 5.82. The summed E-state index contributed by atoms with van der Waals surface area (Å²) in [4.78, 5) is 14.7. The van der Waals surface area contributed by atoms with E-state index in [2.05, 4.69) is 15.5 Å². The molecule has 120 valence electrons. The molecule has 1 spiro atoms. The molecular weight excluding hydrogens is 270 g/mol. The average Bonchev–Trinajstić information content (AvgIpc) is 2.95. The van der Waals surface area contributed by atoms with E-state index in [-0.39, 0.29) is 17.6 Å². The van der Waals surface area contributed by atoms with Crippen molar-refractivity contribution in [3.63, 3.8) is 0 Å². The summed E-state index contributed by atoms with van der Waals surface area (Å²) >= 11 is 0. The van der Waals surface area contributed by atoms with Gasteiger partial charge in [-0.15, -0.1) is 0 Å². The lowest BCUT2D eigenvalue weighted by Crippen LogP contribution is -2.63. The number of nitrogens with one attached hydrogen (secondary N) is 2. The van der Waals surface area contributed by atoms with Gasteiger partial charge in [-0.25, -0.2) is 0 Å². The molecule has 0 aromatic rings. The Kier molecular flexibility index (Phi) is 4.78. The van der Waals surface area contributed by atoms with Crippen LogP contribution in [0.4, 0.5) is 0 Å². The van der Waals surface area contributed by atoms with Crippen molar-refractivity contribution < 1.29 is 14.3 Å². The number of carbonyl (C=O) groups excluding carboxylic acids is 1. The van der Waals surface area contributed by atoms with Crippen molar-refractivity contribution in [1.82, 2.24) is 15.5 Å². The first-order chi connectivity index (χ1) is 10.2. The first-order valence-corrected chi connectivity index (χ1v) is 8.20. The largest absolute Gasteiger partial charge is 0.378 e. The Hall–Kier alpha value is -0.690. The molecule has 3 aliphatic heterocycles. The second-order valence-corrected chi connectivity index (χ2v) is 6.33. The normalized spacial score (nSPS) is 37.8. The van der Waals surface area contributed by atoms with E-state index in [0.29, 0.717) is 19.2 Å². The van der Waals surface area contributed by atoms with Crippen LogP contribution in [-0.2, 0) is 14.3 Å². The third-order valence-electron chi connectivity index (χ3n) is 4.94. The van der Waals surface area contributed by atoms with Gasteiger partial charge in [0.25, 0.3) is 0 Å². The van der Waals surface area contributed by atoms with Crippen molar-refractivity contribution in [3.8, 4) is 0 Å². The zero-order valence-electron chi connectivity index (χ0n) is 12.9. The van der Waals surface area contributed by atoms with Crippen LogP contribution in [0.3, 0.4) is 0 Å². The van der Waals surface area contributed by atoms with Crippen LogP contribution in [0.1, 0.15) is 26.2 Å². The van der Waals surface area contributed by atoms with Gasteiger partial charge in [0.05, 0.1) is 12.2 Å². The third-order valence-corrected chi connectivity index (χ3v) is 4.94. The van der Waals surface area contributed by atoms with Crippen LogP contribution >= 0.6 is 0 Å². The summed E-state index contributed by atoms with van der Waals surface area (Å²) in [6.07, 6.45) is 2.99.